The van der Waals surface area contributed by atoms with Gasteiger partial charge in [0, 0.05) is 5.92 Å². The maximum Gasteiger partial charge on any atom is 0.190 e. The lowest BCUT2D eigenvalue weighted by atomic mass is 10.2. The summed E-state index contributed by atoms with van der Waals surface area (Å²) in [4.78, 5) is 9.41. The summed E-state index contributed by atoms with van der Waals surface area (Å²) in [5.41, 5.74) is 0. The molecule has 0 radical (unpaired) electrons. The van der Waals surface area contributed by atoms with Crippen molar-refractivity contribution in [1.29, 1.82) is 0 Å². The maximum absolute atomic E-state index is 9.08. The minimum absolute atomic E-state index is 0.0802. The van der Waals surface area contributed by atoms with Crippen molar-refractivity contribution < 1.29 is 14.9 Å². The van der Waals surface area contributed by atoms with Crippen LogP contribution in [-0.4, -0.2) is 18.0 Å². The molecule has 0 aliphatic carbocycles. The second-order valence-electron chi connectivity index (χ2n) is 2.91. The van der Waals surface area contributed by atoms with Crippen LogP contribution in [0.4, 0.5) is 0 Å². The van der Waals surface area contributed by atoms with Crippen LogP contribution in [0.1, 0.15) is 33.6 Å². The molecule has 11 heavy (non-hydrogen) atoms. The van der Waals surface area contributed by atoms with Crippen LogP contribution in [-0.2, 0) is 9.78 Å². The van der Waals surface area contributed by atoms with Gasteiger partial charge in [-0.05, 0) is 6.42 Å². The molecule has 1 atom stereocenters. The molecule has 0 aromatic carbocycles. The lowest BCUT2D eigenvalue weighted by Gasteiger charge is -2.13. The number of hydrogen-bond acceptors (Lipinski definition) is 3. The van der Waals surface area contributed by atoms with E-state index >= 15 is 0 Å². The third-order valence-electron chi connectivity index (χ3n) is 1.32. The molecule has 0 aromatic heterocycles. The Morgan fingerprint density at radius 3 is 2.45 bits per heavy atom. The third kappa shape index (κ3) is 6.28. The van der Waals surface area contributed by atoms with Gasteiger partial charge in [0.1, 0.15) is 0 Å². The average molecular weight is 162 g/mol. The lowest BCUT2D eigenvalue weighted by molar-refractivity contribution is -0.378. The summed E-state index contributed by atoms with van der Waals surface area (Å²) < 4.78 is 0. The Morgan fingerprint density at radius 1 is 1.36 bits per heavy atom. The molecular formula is C8H18O3. The topological polar surface area (TPSA) is 38.7 Å². The minimum atomic E-state index is -0.799. The first kappa shape index (κ1) is 10.9. The summed E-state index contributed by atoms with van der Waals surface area (Å²) in [6.45, 7) is 6.37. The molecule has 0 aliphatic heterocycles. The zero-order valence-electron chi connectivity index (χ0n) is 7.54. The van der Waals surface area contributed by atoms with E-state index in [9.17, 15) is 0 Å². The highest BCUT2D eigenvalue weighted by Crippen LogP contribution is 2.03. The van der Waals surface area contributed by atoms with Crippen LogP contribution in [0.25, 0.3) is 0 Å². The molecule has 0 bridgehead atoms. The predicted molar refractivity (Wildman–Crippen MR) is 42.8 cm³/mol. The number of aliphatic hydroxyl groups excluding tert-OH is 1. The van der Waals surface area contributed by atoms with Crippen LogP contribution < -0.4 is 0 Å². The number of unbranched alkanes of at least 4 members (excludes halogenated alkanes) is 1. The van der Waals surface area contributed by atoms with E-state index in [-0.39, 0.29) is 5.92 Å². The average Bonchev–Trinajstić information content (AvgIpc) is 1.97. The Labute approximate surface area is 68.2 Å². The molecule has 0 rings (SSSR count). The molecule has 0 aromatic rings. The normalized spacial score (nSPS) is 13.9. The van der Waals surface area contributed by atoms with Gasteiger partial charge >= 0.3 is 0 Å². The van der Waals surface area contributed by atoms with Gasteiger partial charge in [-0.3, -0.25) is 0 Å². The molecule has 1 unspecified atom stereocenters. The van der Waals surface area contributed by atoms with Crippen LogP contribution in [0.3, 0.4) is 0 Å². The van der Waals surface area contributed by atoms with Crippen molar-refractivity contribution in [1.82, 2.24) is 0 Å². The predicted octanol–water partition coefficient (Wildman–Crippen LogP) is 1.71. The van der Waals surface area contributed by atoms with Crippen LogP contribution in [0, 0.1) is 5.92 Å². The molecule has 0 saturated heterocycles. The molecule has 3 heteroatoms. The first-order valence-corrected chi connectivity index (χ1v) is 4.14. The highest BCUT2D eigenvalue weighted by molar-refractivity contribution is 4.42. The van der Waals surface area contributed by atoms with Gasteiger partial charge in [-0.25, -0.2) is 9.78 Å². The van der Waals surface area contributed by atoms with E-state index in [0.717, 1.165) is 12.8 Å². The molecule has 0 aliphatic rings. The first-order valence-electron chi connectivity index (χ1n) is 4.14. The molecule has 0 fully saturated rings. The van der Waals surface area contributed by atoms with E-state index < -0.39 is 6.29 Å². The Morgan fingerprint density at radius 2 is 2.00 bits per heavy atom. The molecule has 0 spiro atoms. The molecule has 3 nitrogen and oxygen atoms in total. The molecule has 0 amide bonds. The second-order valence-corrected chi connectivity index (χ2v) is 2.91. The standard InChI is InChI=1S/C8H18O3/c1-4-5-6-10-11-8(9)7(2)3/h7-9H,4-6H2,1-3H3. The van der Waals surface area contributed by atoms with Crippen LogP contribution >= 0.6 is 0 Å². The van der Waals surface area contributed by atoms with Gasteiger partial charge in [0.25, 0.3) is 0 Å². The zero-order valence-corrected chi connectivity index (χ0v) is 7.54. The molecule has 68 valence electrons. The van der Waals surface area contributed by atoms with Gasteiger partial charge in [-0.2, -0.15) is 0 Å². The lowest BCUT2D eigenvalue weighted by Crippen LogP contribution is -2.19. The zero-order chi connectivity index (χ0) is 8.69. The Balaban J connectivity index is 3.10. The van der Waals surface area contributed by atoms with Crippen molar-refractivity contribution >= 4 is 0 Å². The fourth-order valence-electron chi connectivity index (χ4n) is 0.432. The number of aliphatic hydroxyl groups is 1. The Hall–Kier alpha value is -0.120. The monoisotopic (exact) mass is 162 g/mol. The van der Waals surface area contributed by atoms with Crippen molar-refractivity contribution in [3.05, 3.63) is 0 Å². The summed E-state index contributed by atoms with van der Waals surface area (Å²) in [6.07, 6.45) is 1.23. The summed E-state index contributed by atoms with van der Waals surface area (Å²) in [5.74, 6) is 0.0802. The Kier molecular flexibility index (Phi) is 6.51. The summed E-state index contributed by atoms with van der Waals surface area (Å²) in [5, 5.41) is 9.08. The summed E-state index contributed by atoms with van der Waals surface area (Å²) in [7, 11) is 0. The molecular weight excluding hydrogens is 144 g/mol. The molecule has 0 heterocycles. The third-order valence-corrected chi connectivity index (χ3v) is 1.32. The van der Waals surface area contributed by atoms with Gasteiger partial charge in [0.05, 0.1) is 6.61 Å². The molecule has 0 saturated carbocycles. The van der Waals surface area contributed by atoms with E-state index in [1.54, 1.807) is 0 Å². The number of hydrogen-bond donors (Lipinski definition) is 1. The fraction of sp³-hybridized carbons (Fsp3) is 1.00. The van der Waals surface area contributed by atoms with Gasteiger partial charge in [0.15, 0.2) is 6.29 Å². The SMILES string of the molecule is CCCCOOC(O)C(C)C. The highest BCUT2D eigenvalue weighted by atomic mass is 17.2. The minimum Gasteiger partial charge on any atom is -0.365 e. The van der Waals surface area contributed by atoms with Gasteiger partial charge < -0.3 is 5.11 Å². The summed E-state index contributed by atoms with van der Waals surface area (Å²) >= 11 is 0. The maximum atomic E-state index is 9.08. The summed E-state index contributed by atoms with van der Waals surface area (Å²) in [6, 6.07) is 0. The van der Waals surface area contributed by atoms with E-state index in [2.05, 4.69) is 11.8 Å². The van der Waals surface area contributed by atoms with E-state index in [1.165, 1.54) is 0 Å². The van der Waals surface area contributed by atoms with Crippen LogP contribution in [0.15, 0.2) is 0 Å². The smallest absolute Gasteiger partial charge is 0.190 e. The van der Waals surface area contributed by atoms with Gasteiger partial charge in [-0.1, -0.05) is 27.2 Å². The van der Waals surface area contributed by atoms with Crippen molar-refractivity contribution in [3.8, 4) is 0 Å². The van der Waals surface area contributed by atoms with E-state index in [0.29, 0.717) is 6.61 Å². The van der Waals surface area contributed by atoms with Crippen molar-refractivity contribution in [3.63, 3.8) is 0 Å². The Bertz CT molecular complexity index is 83.4. The van der Waals surface area contributed by atoms with Crippen LogP contribution in [0.2, 0.25) is 0 Å². The van der Waals surface area contributed by atoms with E-state index in [1.807, 2.05) is 13.8 Å². The van der Waals surface area contributed by atoms with Gasteiger partial charge in [0.2, 0.25) is 0 Å². The quantitative estimate of drug-likeness (QED) is 0.280. The first-order chi connectivity index (χ1) is 5.18. The number of rotatable bonds is 6. The largest absolute Gasteiger partial charge is 0.365 e. The molecule has 1 N–H and O–H groups in total. The van der Waals surface area contributed by atoms with Crippen molar-refractivity contribution in [2.45, 2.75) is 39.9 Å². The highest BCUT2D eigenvalue weighted by Gasteiger charge is 2.09. The van der Waals surface area contributed by atoms with Crippen LogP contribution in [0.5, 0.6) is 0 Å². The van der Waals surface area contributed by atoms with Crippen molar-refractivity contribution in [2.75, 3.05) is 6.61 Å². The second kappa shape index (κ2) is 6.58. The fourth-order valence-corrected chi connectivity index (χ4v) is 0.432. The van der Waals surface area contributed by atoms with Gasteiger partial charge in [-0.15, -0.1) is 0 Å². The van der Waals surface area contributed by atoms with E-state index in [4.69, 9.17) is 9.99 Å². The van der Waals surface area contributed by atoms with Crippen molar-refractivity contribution in [2.24, 2.45) is 5.92 Å².